The minimum absolute atomic E-state index is 0.283. The van der Waals surface area contributed by atoms with Gasteiger partial charge in [-0.1, -0.05) is 19.1 Å². The molecule has 1 aromatic carbocycles. The molecule has 1 N–H and O–H groups in total. The van der Waals surface area contributed by atoms with Gasteiger partial charge in [-0.3, -0.25) is 9.89 Å². The summed E-state index contributed by atoms with van der Waals surface area (Å²) in [6, 6.07) is 9.21. The highest BCUT2D eigenvalue weighted by atomic mass is 16.5. The Morgan fingerprint density at radius 1 is 1.17 bits per heavy atom. The molecule has 0 saturated carbocycles. The average molecular weight is 402 g/mol. The number of methoxy groups -OCH3 is 1. The Bertz CT molecular complexity index is 1460. The molecule has 10 heteroatoms. The molecule has 0 saturated heterocycles. The Kier molecular flexibility index (Phi) is 4.05. The molecule has 150 valence electrons. The molecule has 0 radical (unpaired) electrons. The highest BCUT2D eigenvalue weighted by Crippen LogP contribution is 2.29. The third kappa shape index (κ3) is 2.72. The molecule has 0 atom stereocenters. The summed E-state index contributed by atoms with van der Waals surface area (Å²) in [5.74, 6) is 2.63. The molecule has 0 spiro atoms. The SMILES string of the molecule is CCc1nc(-n2ccc3nc4nc(C)nn4c(-c4cccc(OC)c4)c3c2=O)n[nH]1. The Morgan fingerprint density at radius 2 is 2.03 bits per heavy atom. The standard InChI is InChI=1S/C20H18N8O2/c1-4-15-23-20(25-24-15)27-9-8-14-16(18(27)29)17(12-6-5-7-13(10-12)30-3)28-19(22-14)21-11(2)26-28/h5-10H,4H2,1-3H3,(H,23,24,25). The maximum absolute atomic E-state index is 13.6. The zero-order valence-electron chi connectivity index (χ0n) is 16.6. The van der Waals surface area contributed by atoms with Crippen LogP contribution in [0.25, 0.3) is 33.9 Å². The minimum atomic E-state index is -0.297. The first-order chi connectivity index (χ1) is 14.6. The first-order valence-corrected chi connectivity index (χ1v) is 9.44. The van der Waals surface area contributed by atoms with Gasteiger partial charge in [0.05, 0.1) is 23.7 Å². The number of aromatic nitrogens is 8. The van der Waals surface area contributed by atoms with E-state index in [-0.39, 0.29) is 11.5 Å². The third-order valence-corrected chi connectivity index (χ3v) is 4.85. The molecule has 0 fully saturated rings. The van der Waals surface area contributed by atoms with Crippen LogP contribution in [0.4, 0.5) is 0 Å². The molecule has 4 aromatic heterocycles. The number of benzene rings is 1. The maximum atomic E-state index is 13.6. The number of nitrogens with one attached hydrogen (secondary N) is 1. The van der Waals surface area contributed by atoms with Gasteiger partial charge in [-0.2, -0.15) is 14.5 Å². The Balaban J connectivity index is 1.90. The van der Waals surface area contributed by atoms with Crippen LogP contribution in [-0.2, 0) is 6.42 Å². The topological polar surface area (TPSA) is 116 Å². The Labute approximate surface area is 170 Å². The van der Waals surface area contributed by atoms with Crippen molar-refractivity contribution in [2.45, 2.75) is 20.3 Å². The smallest absolute Gasteiger partial charge is 0.269 e. The maximum Gasteiger partial charge on any atom is 0.269 e. The fraction of sp³-hybridized carbons (Fsp3) is 0.200. The average Bonchev–Trinajstić information content (AvgIpc) is 3.38. The lowest BCUT2D eigenvalue weighted by atomic mass is 10.1. The third-order valence-electron chi connectivity index (χ3n) is 4.85. The van der Waals surface area contributed by atoms with Crippen molar-refractivity contribution >= 4 is 16.7 Å². The largest absolute Gasteiger partial charge is 0.497 e. The Morgan fingerprint density at radius 3 is 2.80 bits per heavy atom. The minimum Gasteiger partial charge on any atom is -0.497 e. The number of hydrogen-bond donors (Lipinski definition) is 1. The lowest BCUT2D eigenvalue weighted by molar-refractivity contribution is 0.415. The van der Waals surface area contributed by atoms with Crippen LogP contribution in [-0.4, -0.2) is 46.4 Å². The second-order valence-corrected chi connectivity index (χ2v) is 6.75. The van der Waals surface area contributed by atoms with Gasteiger partial charge < -0.3 is 4.74 Å². The molecule has 0 bridgehead atoms. The number of nitrogens with zero attached hydrogens (tertiary/aromatic N) is 7. The summed E-state index contributed by atoms with van der Waals surface area (Å²) in [5, 5.41) is 11.9. The van der Waals surface area contributed by atoms with E-state index in [0.717, 1.165) is 5.56 Å². The van der Waals surface area contributed by atoms with Gasteiger partial charge in [-0.05, 0) is 25.1 Å². The summed E-state index contributed by atoms with van der Waals surface area (Å²) in [6.45, 7) is 3.75. The van der Waals surface area contributed by atoms with Crippen LogP contribution in [0.3, 0.4) is 0 Å². The van der Waals surface area contributed by atoms with Gasteiger partial charge in [0.25, 0.3) is 17.3 Å². The van der Waals surface area contributed by atoms with E-state index in [2.05, 4.69) is 30.2 Å². The van der Waals surface area contributed by atoms with Crippen LogP contribution in [0.2, 0.25) is 0 Å². The van der Waals surface area contributed by atoms with Crippen LogP contribution in [0.1, 0.15) is 18.6 Å². The van der Waals surface area contributed by atoms with E-state index in [1.807, 2.05) is 31.2 Å². The number of fused-ring (bicyclic) bond motifs is 2. The van der Waals surface area contributed by atoms with Crippen molar-refractivity contribution in [3.8, 4) is 23.0 Å². The van der Waals surface area contributed by atoms with Gasteiger partial charge in [-0.25, -0.2) is 9.55 Å². The van der Waals surface area contributed by atoms with Crippen LogP contribution in [0, 0.1) is 6.92 Å². The van der Waals surface area contributed by atoms with Crippen LogP contribution in [0.15, 0.2) is 41.3 Å². The van der Waals surface area contributed by atoms with E-state index < -0.39 is 0 Å². The van der Waals surface area contributed by atoms with Crippen molar-refractivity contribution in [1.82, 2.24) is 39.3 Å². The van der Waals surface area contributed by atoms with E-state index in [1.165, 1.54) is 4.57 Å². The first-order valence-electron chi connectivity index (χ1n) is 9.44. The van der Waals surface area contributed by atoms with Crippen LogP contribution < -0.4 is 10.3 Å². The highest BCUT2D eigenvalue weighted by molar-refractivity contribution is 5.93. The van der Waals surface area contributed by atoms with Crippen molar-refractivity contribution in [2.75, 3.05) is 7.11 Å². The molecule has 0 aliphatic heterocycles. The monoisotopic (exact) mass is 402 g/mol. The lowest BCUT2D eigenvalue weighted by Crippen LogP contribution is -2.21. The summed E-state index contributed by atoms with van der Waals surface area (Å²) in [4.78, 5) is 26.9. The van der Waals surface area contributed by atoms with Crippen molar-refractivity contribution < 1.29 is 4.74 Å². The summed E-state index contributed by atoms with van der Waals surface area (Å²) < 4.78 is 8.37. The number of pyridine rings is 1. The summed E-state index contributed by atoms with van der Waals surface area (Å²) in [5.41, 5.74) is 1.56. The summed E-state index contributed by atoms with van der Waals surface area (Å²) in [6.07, 6.45) is 2.31. The highest BCUT2D eigenvalue weighted by Gasteiger charge is 2.19. The lowest BCUT2D eigenvalue weighted by Gasteiger charge is -2.11. The number of H-pyrrole nitrogens is 1. The van der Waals surface area contributed by atoms with Gasteiger partial charge >= 0.3 is 0 Å². The van der Waals surface area contributed by atoms with E-state index in [0.29, 0.717) is 46.2 Å². The number of rotatable bonds is 4. The van der Waals surface area contributed by atoms with E-state index in [4.69, 9.17) is 4.74 Å². The Hall–Kier alpha value is -4.08. The predicted molar refractivity (Wildman–Crippen MR) is 110 cm³/mol. The number of aromatic amines is 1. The predicted octanol–water partition coefficient (Wildman–Crippen LogP) is 2.09. The second kappa shape index (κ2) is 6.76. The van der Waals surface area contributed by atoms with Gasteiger partial charge in [0.1, 0.15) is 17.4 Å². The zero-order chi connectivity index (χ0) is 20.8. The summed E-state index contributed by atoms with van der Waals surface area (Å²) >= 11 is 0. The van der Waals surface area contributed by atoms with Crippen LogP contribution >= 0.6 is 0 Å². The van der Waals surface area contributed by atoms with E-state index >= 15 is 0 Å². The molecular formula is C20H18N8O2. The molecule has 30 heavy (non-hydrogen) atoms. The van der Waals surface area contributed by atoms with E-state index in [9.17, 15) is 4.79 Å². The molecule has 0 aliphatic carbocycles. The molecule has 0 aliphatic rings. The number of ether oxygens (including phenoxy) is 1. The van der Waals surface area contributed by atoms with Crippen molar-refractivity contribution in [3.05, 3.63) is 58.5 Å². The number of aryl methyl sites for hydroxylation is 2. The quantitative estimate of drug-likeness (QED) is 0.489. The molecule has 5 aromatic rings. The van der Waals surface area contributed by atoms with Gasteiger partial charge in [0.2, 0.25) is 0 Å². The summed E-state index contributed by atoms with van der Waals surface area (Å²) in [7, 11) is 1.60. The normalized spacial score (nSPS) is 11.4. The van der Waals surface area contributed by atoms with Crippen molar-refractivity contribution in [2.24, 2.45) is 0 Å². The molecule has 5 rings (SSSR count). The number of hydrogen-bond acceptors (Lipinski definition) is 7. The van der Waals surface area contributed by atoms with Gasteiger partial charge in [-0.15, -0.1) is 10.2 Å². The van der Waals surface area contributed by atoms with Gasteiger partial charge in [0, 0.05) is 18.2 Å². The zero-order valence-corrected chi connectivity index (χ0v) is 16.6. The molecule has 0 unspecified atom stereocenters. The van der Waals surface area contributed by atoms with Crippen LogP contribution in [0.5, 0.6) is 5.75 Å². The van der Waals surface area contributed by atoms with Crippen molar-refractivity contribution in [3.63, 3.8) is 0 Å². The molecule has 4 heterocycles. The second-order valence-electron chi connectivity index (χ2n) is 6.75. The fourth-order valence-corrected chi connectivity index (χ4v) is 3.43. The molecule has 0 amide bonds. The van der Waals surface area contributed by atoms with Crippen molar-refractivity contribution in [1.29, 1.82) is 0 Å². The molecular weight excluding hydrogens is 384 g/mol. The fourth-order valence-electron chi connectivity index (χ4n) is 3.43. The van der Waals surface area contributed by atoms with Gasteiger partial charge in [0.15, 0.2) is 0 Å². The molecule has 10 nitrogen and oxygen atoms in total. The van der Waals surface area contributed by atoms with E-state index in [1.54, 1.807) is 30.8 Å². The first kappa shape index (κ1) is 18.0.